The molecule has 1 saturated heterocycles. The molecule has 108 valence electrons. The van der Waals surface area contributed by atoms with Crippen molar-refractivity contribution in [1.82, 2.24) is 15.1 Å². The Hall–Kier alpha value is -0.540. The van der Waals surface area contributed by atoms with Crippen molar-refractivity contribution < 1.29 is 0 Å². The van der Waals surface area contributed by atoms with Crippen LogP contribution < -0.4 is 5.32 Å². The molecule has 1 aliphatic heterocycles. The Morgan fingerprint density at radius 2 is 2.11 bits per heavy atom. The van der Waals surface area contributed by atoms with Crippen molar-refractivity contribution in [2.45, 2.75) is 66.0 Å². The zero-order valence-corrected chi connectivity index (χ0v) is 13.6. The summed E-state index contributed by atoms with van der Waals surface area (Å²) in [6, 6.07) is 0. The second kappa shape index (κ2) is 5.10. The predicted octanol–water partition coefficient (Wildman–Crippen LogP) is 3.58. The third-order valence-corrected chi connectivity index (χ3v) is 5.09. The molecule has 0 spiro atoms. The van der Waals surface area contributed by atoms with Crippen molar-refractivity contribution in [3.8, 4) is 0 Å². The van der Waals surface area contributed by atoms with Crippen molar-refractivity contribution >= 4 is 11.6 Å². The van der Waals surface area contributed by atoms with Crippen molar-refractivity contribution in [2.75, 3.05) is 6.54 Å². The van der Waals surface area contributed by atoms with Gasteiger partial charge in [0, 0.05) is 18.5 Å². The molecule has 1 fully saturated rings. The molecule has 1 atom stereocenters. The van der Waals surface area contributed by atoms with E-state index in [1.54, 1.807) is 0 Å². The van der Waals surface area contributed by atoms with Crippen LogP contribution in [0.5, 0.6) is 0 Å². The summed E-state index contributed by atoms with van der Waals surface area (Å²) in [5.41, 5.74) is 2.48. The molecule has 4 heteroatoms. The van der Waals surface area contributed by atoms with Gasteiger partial charge in [0.15, 0.2) is 0 Å². The number of aromatic nitrogens is 2. The first kappa shape index (κ1) is 14.9. The summed E-state index contributed by atoms with van der Waals surface area (Å²) in [6.07, 6.45) is 3.42. The van der Waals surface area contributed by atoms with Crippen LogP contribution in [-0.4, -0.2) is 21.9 Å². The van der Waals surface area contributed by atoms with E-state index in [0.717, 1.165) is 30.2 Å². The molecular formula is C15H26ClN3. The number of halogens is 1. The van der Waals surface area contributed by atoms with Crippen molar-refractivity contribution in [3.63, 3.8) is 0 Å². The summed E-state index contributed by atoms with van der Waals surface area (Å²) in [7, 11) is 0. The van der Waals surface area contributed by atoms with Gasteiger partial charge in [-0.1, -0.05) is 32.4 Å². The molecule has 1 aromatic heterocycles. The molecule has 0 bridgehead atoms. The number of nitrogens with one attached hydrogen (secondary N) is 1. The highest BCUT2D eigenvalue weighted by Crippen LogP contribution is 2.41. The van der Waals surface area contributed by atoms with E-state index < -0.39 is 0 Å². The highest BCUT2D eigenvalue weighted by molar-refractivity contribution is 6.31. The second-order valence-corrected chi connectivity index (χ2v) is 7.08. The molecule has 19 heavy (non-hydrogen) atoms. The summed E-state index contributed by atoms with van der Waals surface area (Å²) in [6.45, 7) is 13.1. The van der Waals surface area contributed by atoms with Gasteiger partial charge in [-0.15, -0.1) is 0 Å². The standard InChI is InChI=1S/C15H26ClN3/c1-6-19-12(13(16)11(2)18-19)10-15(14(3,4)5)8-7-9-17-15/h17H,6-10H2,1-5H3. The normalized spacial score (nSPS) is 24.1. The highest BCUT2D eigenvalue weighted by Gasteiger charge is 2.44. The highest BCUT2D eigenvalue weighted by atomic mass is 35.5. The second-order valence-electron chi connectivity index (χ2n) is 6.70. The first-order chi connectivity index (χ1) is 8.81. The van der Waals surface area contributed by atoms with E-state index in [2.05, 4.69) is 42.8 Å². The number of nitrogens with zero attached hydrogens (tertiary/aromatic N) is 2. The van der Waals surface area contributed by atoms with Crippen LogP contribution in [0.1, 0.15) is 51.9 Å². The Labute approximate surface area is 121 Å². The molecule has 0 amide bonds. The lowest BCUT2D eigenvalue weighted by Gasteiger charge is -2.42. The maximum atomic E-state index is 6.47. The molecule has 1 N–H and O–H groups in total. The molecule has 1 aliphatic rings. The molecule has 1 unspecified atom stereocenters. The zero-order valence-electron chi connectivity index (χ0n) is 12.8. The quantitative estimate of drug-likeness (QED) is 0.919. The lowest BCUT2D eigenvalue weighted by molar-refractivity contribution is 0.156. The van der Waals surface area contributed by atoms with Gasteiger partial charge < -0.3 is 5.32 Å². The van der Waals surface area contributed by atoms with E-state index in [9.17, 15) is 0 Å². The van der Waals surface area contributed by atoms with Crippen LogP contribution in [0.15, 0.2) is 0 Å². The van der Waals surface area contributed by atoms with Crippen LogP contribution in [-0.2, 0) is 13.0 Å². The molecule has 1 aromatic rings. The predicted molar refractivity (Wildman–Crippen MR) is 80.8 cm³/mol. The molecule has 0 radical (unpaired) electrons. The minimum atomic E-state index is 0.135. The first-order valence-corrected chi connectivity index (χ1v) is 7.65. The largest absolute Gasteiger partial charge is 0.310 e. The van der Waals surface area contributed by atoms with Crippen molar-refractivity contribution in [2.24, 2.45) is 5.41 Å². The topological polar surface area (TPSA) is 29.9 Å². The molecule has 0 saturated carbocycles. The van der Waals surface area contributed by atoms with Gasteiger partial charge in [0.05, 0.1) is 16.4 Å². The minimum absolute atomic E-state index is 0.135. The van der Waals surface area contributed by atoms with Crippen LogP contribution in [0.2, 0.25) is 5.02 Å². The molecule has 2 rings (SSSR count). The fourth-order valence-corrected chi connectivity index (χ4v) is 3.39. The molecule has 0 aliphatic carbocycles. The average molecular weight is 284 g/mol. The lowest BCUT2D eigenvalue weighted by atomic mass is 9.70. The fraction of sp³-hybridized carbons (Fsp3) is 0.800. The van der Waals surface area contributed by atoms with Gasteiger partial charge in [-0.2, -0.15) is 5.10 Å². The minimum Gasteiger partial charge on any atom is -0.310 e. The Morgan fingerprint density at radius 1 is 1.42 bits per heavy atom. The van der Waals surface area contributed by atoms with Gasteiger partial charge in [-0.05, 0) is 38.6 Å². The lowest BCUT2D eigenvalue weighted by Crippen LogP contribution is -2.53. The maximum absolute atomic E-state index is 6.47. The number of aryl methyl sites for hydroxylation is 2. The summed E-state index contributed by atoms with van der Waals surface area (Å²) in [5, 5.41) is 9.13. The van der Waals surface area contributed by atoms with E-state index in [0.29, 0.717) is 0 Å². The third-order valence-electron chi connectivity index (χ3n) is 4.60. The maximum Gasteiger partial charge on any atom is 0.0847 e. The van der Waals surface area contributed by atoms with E-state index >= 15 is 0 Å². The van der Waals surface area contributed by atoms with E-state index in [-0.39, 0.29) is 11.0 Å². The van der Waals surface area contributed by atoms with Crippen LogP contribution in [0, 0.1) is 12.3 Å². The van der Waals surface area contributed by atoms with Gasteiger partial charge in [0.1, 0.15) is 0 Å². The van der Waals surface area contributed by atoms with E-state index in [1.807, 2.05) is 6.92 Å². The molecule has 0 aromatic carbocycles. The van der Waals surface area contributed by atoms with E-state index in [1.165, 1.54) is 18.5 Å². The SMILES string of the molecule is CCn1nc(C)c(Cl)c1CC1(C(C)(C)C)CCCN1. The number of rotatable bonds is 3. The summed E-state index contributed by atoms with van der Waals surface area (Å²) < 4.78 is 2.06. The van der Waals surface area contributed by atoms with Crippen LogP contribution >= 0.6 is 11.6 Å². The van der Waals surface area contributed by atoms with Gasteiger partial charge in [0.2, 0.25) is 0 Å². The monoisotopic (exact) mass is 283 g/mol. The third kappa shape index (κ3) is 2.55. The first-order valence-electron chi connectivity index (χ1n) is 7.27. The average Bonchev–Trinajstić information content (AvgIpc) is 2.90. The molecular weight excluding hydrogens is 258 g/mol. The van der Waals surface area contributed by atoms with Gasteiger partial charge in [0.25, 0.3) is 0 Å². The smallest absolute Gasteiger partial charge is 0.0847 e. The Balaban J connectivity index is 2.38. The van der Waals surface area contributed by atoms with Crippen LogP contribution in [0.25, 0.3) is 0 Å². The number of hydrogen-bond acceptors (Lipinski definition) is 2. The Bertz CT molecular complexity index is 451. The van der Waals surface area contributed by atoms with Crippen molar-refractivity contribution in [3.05, 3.63) is 16.4 Å². The Kier molecular flexibility index (Phi) is 3.99. The summed E-state index contributed by atoms with van der Waals surface area (Å²) in [4.78, 5) is 0. The van der Waals surface area contributed by atoms with Gasteiger partial charge in [-0.3, -0.25) is 4.68 Å². The fourth-order valence-electron chi connectivity index (χ4n) is 3.19. The Morgan fingerprint density at radius 3 is 2.58 bits per heavy atom. The summed E-state index contributed by atoms with van der Waals surface area (Å²) in [5.74, 6) is 0. The van der Waals surface area contributed by atoms with Crippen LogP contribution in [0.4, 0.5) is 0 Å². The van der Waals surface area contributed by atoms with Gasteiger partial charge >= 0.3 is 0 Å². The number of hydrogen-bond donors (Lipinski definition) is 1. The van der Waals surface area contributed by atoms with Crippen molar-refractivity contribution in [1.29, 1.82) is 0 Å². The zero-order chi connectivity index (χ0) is 14.3. The van der Waals surface area contributed by atoms with E-state index in [4.69, 9.17) is 11.6 Å². The summed E-state index contributed by atoms with van der Waals surface area (Å²) >= 11 is 6.47. The molecule has 3 nitrogen and oxygen atoms in total. The van der Waals surface area contributed by atoms with Crippen LogP contribution in [0.3, 0.4) is 0 Å². The van der Waals surface area contributed by atoms with Gasteiger partial charge in [-0.25, -0.2) is 0 Å². The molecule has 2 heterocycles.